The summed E-state index contributed by atoms with van der Waals surface area (Å²) in [5.41, 5.74) is 3.19. The lowest BCUT2D eigenvalue weighted by molar-refractivity contribution is -0.113. The molecule has 0 aliphatic carbocycles. The number of amides is 1. The first-order chi connectivity index (χ1) is 14.1. The van der Waals surface area contributed by atoms with Crippen molar-refractivity contribution >= 4 is 23.4 Å². The van der Waals surface area contributed by atoms with Crippen LogP contribution < -0.4 is 10.1 Å². The summed E-state index contributed by atoms with van der Waals surface area (Å²) in [7, 11) is 1.66. The van der Waals surface area contributed by atoms with Gasteiger partial charge in [-0.3, -0.25) is 4.79 Å². The molecule has 0 fully saturated rings. The van der Waals surface area contributed by atoms with Crippen molar-refractivity contribution in [1.82, 2.24) is 14.8 Å². The van der Waals surface area contributed by atoms with Crippen molar-refractivity contribution in [2.24, 2.45) is 0 Å². The fourth-order valence-corrected chi connectivity index (χ4v) is 3.77. The fourth-order valence-electron chi connectivity index (χ4n) is 2.95. The Bertz CT molecular complexity index is 936. The molecule has 1 amide bonds. The van der Waals surface area contributed by atoms with E-state index in [1.54, 1.807) is 7.11 Å². The van der Waals surface area contributed by atoms with E-state index in [1.165, 1.54) is 17.3 Å². The van der Waals surface area contributed by atoms with Gasteiger partial charge in [0.05, 0.1) is 12.9 Å². The van der Waals surface area contributed by atoms with Crippen LogP contribution in [0.15, 0.2) is 53.7 Å². The van der Waals surface area contributed by atoms with Gasteiger partial charge in [0.15, 0.2) is 5.16 Å². The van der Waals surface area contributed by atoms with Crippen molar-refractivity contribution in [1.29, 1.82) is 0 Å². The third kappa shape index (κ3) is 5.60. The normalized spacial score (nSPS) is 10.7. The molecule has 7 heteroatoms. The van der Waals surface area contributed by atoms with Gasteiger partial charge in [0.1, 0.15) is 11.6 Å². The summed E-state index contributed by atoms with van der Waals surface area (Å²) < 4.78 is 7.26. The highest BCUT2D eigenvalue weighted by Crippen LogP contribution is 2.20. The van der Waals surface area contributed by atoms with Gasteiger partial charge in [-0.15, -0.1) is 10.2 Å². The molecule has 1 heterocycles. The zero-order valence-corrected chi connectivity index (χ0v) is 17.8. The Kier molecular flexibility index (Phi) is 7.30. The van der Waals surface area contributed by atoms with Crippen LogP contribution in [0.5, 0.6) is 5.75 Å². The number of methoxy groups -OCH3 is 1. The number of rotatable bonds is 9. The second-order valence-corrected chi connectivity index (χ2v) is 7.50. The summed E-state index contributed by atoms with van der Waals surface area (Å²) >= 11 is 1.40. The number of hydrogen-bond donors (Lipinski definition) is 1. The molecule has 1 N–H and O–H groups in total. The van der Waals surface area contributed by atoms with Crippen LogP contribution in [0.25, 0.3) is 0 Å². The quantitative estimate of drug-likeness (QED) is 0.536. The van der Waals surface area contributed by atoms with E-state index in [9.17, 15) is 4.79 Å². The van der Waals surface area contributed by atoms with E-state index < -0.39 is 0 Å². The number of anilines is 1. The van der Waals surface area contributed by atoms with E-state index in [0.717, 1.165) is 40.9 Å². The minimum Gasteiger partial charge on any atom is -0.497 e. The van der Waals surface area contributed by atoms with Crippen molar-refractivity contribution in [2.45, 2.75) is 38.4 Å². The monoisotopic (exact) mass is 410 g/mol. The molecule has 0 aliphatic heterocycles. The predicted molar refractivity (Wildman–Crippen MR) is 117 cm³/mol. The molecule has 2 aromatic carbocycles. The molecule has 0 aliphatic rings. The molecule has 1 aromatic heterocycles. The molecular formula is C22H26N4O2S. The van der Waals surface area contributed by atoms with Gasteiger partial charge in [0.2, 0.25) is 5.91 Å². The molecule has 0 saturated heterocycles. The number of benzene rings is 2. The van der Waals surface area contributed by atoms with Crippen LogP contribution in [-0.2, 0) is 24.2 Å². The first-order valence-corrected chi connectivity index (χ1v) is 10.7. The molecule has 0 spiro atoms. The minimum absolute atomic E-state index is 0.0541. The maximum atomic E-state index is 12.3. The van der Waals surface area contributed by atoms with Crippen molar-refractivity contribution in [2.75, 3.05) is 18.2 Å². The largest absolute Gasteiger partial charge is 0.497 e. The zero-order valence-electron chi connectivity index (χ0n) is 17.0. The Balaban J connectivity index is 1.59. The van der Waals surface area contributed by atoms with Gasteiger partial charge in [0, 0.05) is 18.7 Å². The van der Waals surface area contributed by atoms with E-state index in [1.807, 2.05) is 48.5 Å². The second-order valence-electron chi connectivity index (χ2n) is 6.56. The maximum Gasteiger partial charge on any atom is 0.234 e. The van der Waals surface area contributed by atoms with E-state index in [4.69, 9.17) is 4.74 Å². The van der Waals surface area contributed by atoms with Gasteiger partial charge in [-0.25, -0.2) is 0 Å². The van der Waals surface area contributed by atoms with Crippen LogP contribution in [0.4, 0.5) is 5.69 Å². The van der Waals surface area contributed by atoms with Crippen molar-refractivity contribution in [3.8, 4) is 5.75 Å². The Morgan fingerprint density at radius 2 is 1.72 bits per heavy atom. The molecule has 0 atom stereocenters. The zero-order chi connectivity index (χ0) is 20.6. The van der Waals surface area contributed by atoms with Crippen LogP contribution >= 0.6 is 11.8 Å². The van der Waals surface area contributed by atoms with E-state index in [-0.39, 0.29) is 11.7 Å². The fraction of sp³-hybridized carbons (Fsp3) is 0.318. The highest BCUT2D eigenvalue weighted by atomic mass is 32.2. The van der Waals surface area contributed by atoms with Crippen molar-refractivity contribution in [3.63, 3.8) is 0 Å². The standard InChI is InChI=1S/C22H26N4O2S/c1-4-16-6-10-18(11-7-16)23-21(27)15-29-22-25-24-20(26(22)5-2)14-17-8-12-19(28-3)13-9-17/h6-13H,4-5,14-15H2,1-3H3,(H,23,27). The predicted octanol–water partition coefficient (Wildman–Crippen LogP) is 4.19. The number of aromatic nitrogens is 3. The second kappa shape index (κ2) is 10.1. The number of nitrogens with one attached hydrogen (secondary N) is 1. The van der Waals surface area contributed by atoms with Crippen molar-refractivity contribution < 1.29 is 9.53 Å². The highest BCUT2D eigenvalue weighted by molar-refractivity contribution is 7.99. The van der Waals surface area contributed by atoms with Crippen LogP contribution in [0.2, 0.25) is 0 Å². The summed E-state index contributed by atoms with van der Waals surface area (Å²) in [5, 5.41) is 12.3. The number of carbonyl (C=O) groups is 1. The summed E-state index contributed by atoms with van der Waals surface area (Å²) in [6.45, 7) is 4.91. The average Bonchev–Trinajstić information content (AvgIpc) is 3.14. The Labute approximate surface area is 175 Å². The number of thioether (sulfide) groups is 1. The number of ether oxygens (including phenoxy) is 1. The summed E-state index contributed by atoms with van der Waals surface area (Å²) in [4.78, 5) is 12.3. The number of carbonyl (C=O) groups excluding carboxylic acids is 1. The Hall–Kier alpha value is -2.80. The van der Waals surface area contributed by atoms with Crippen molar-refractivity contribution in [3.05, 3.63) is 65.5 Å². The van der Waals surface area contributed by atoms with Gasteiger partial charge < -0.3 is 14.6 Å². The van der Waals surface area contributed by atoms with E-state index >= 15 is 0 Å². The van der Waals surface area contributed by atoms with Crippen LogP contribution in [-0.4, -0.2) is 33.5 Å². The van der Waals surface area contributed by atoms with Gasteiger partial charge in [-0.05, 0) is 48.7 Å². The lowest BCUT2D eigenvalue weighted by Gasteiger charge is -2.08. The summed E-state index contributed by atoms with van der Waals surface area (Å²) in [6, 6.07) is 15.9. The Morgan fingerprint density at radius 3 is 2.34 bits per heavy atom. The topological polar surface area (TPSA) is 69.0 Å². The third-order valence-corrected chi connectivity index (χ3v) is 5.58. The smallest absolute Gasteiger partial charge is 0.234 e. The first-order valence-electron chi connectivity index (χ1n) is 9.69. The highest BCUT2D eigenvalue weighted by Gasteiger charge is 2.14. The van der Waals surface area contributed by atoms with E-state index in [2.05, 4.69) is 33.9 Å². The Morgan fingerprint density at radius 1 is 1.03 bits per heavy atom. The molecular weight excluding hydrogens is 384 g/mol. The lowest BCUT2D eigenvalue weighted by Crippen LogP contribution is -2.14. The van der Waals surface area contributed by atoms with Crippen LogP contribution in [0.1, 0.15) is 30.8 Å². The maximum absolute atomic E-state index is 12.3. The van der Waals surface area contributed by atoms with Gasteiger partial charge in [-0.2, -0.15) is 0 Å². The van der Waals surface area contributed by atoms with Crippen LogP contribution in [0.3, 0.4) is 0 Å². The molecule has 0 radical (unpaired) electrons. The first kappa shape index (κ1) is 20.9. The van der Waals surface area contributed by atoms with Crippen LogP contribution in [0, 0.1) is 0 Å². The molecule has 3 aromatic rings. The lowest BCUT2D eigenvalue weighted by atomic mass is 10.1. The van der Waals surface area contributed by atoms with Gasteiger partial charge in [0.25, 0.3) is 0 Å². The summed E-state index contributed by atoms with van der Waals surface area (Å²) in [5.74, 6) is 1.95. The van der Waals surface area contributed by atoms with E-state index in [0.29, 0.717) is 6.42 Å². The SMILES string of the molecule is CCc1ccc(NC(=O)CSc2nnc(Cc3ccc(OC)cc3)n2CC)cc1. The number of hydrogen-bond acceptors (Lipinski definition) is 5. The summed E-state index contributed by atoms with van der Waals surface area (Å²) in [6.07, 6.45) is 1.66. The minimum atomic E-state index is -0.0541. The molecule has 0 saturated carbocycles. The number of aryl methyl sites for hydroxylation is 1. The third-order valence-electron chi connectivity index (χ3n) is 4.61. The molecule has 6 nitrogen and oxygen atoms in total. The van der Waals surface area contributed by atoms with Gasteiger partial charge in [-0.1, -0.05) is 43.0 Å². The molecule has 29 heavy (non-hydrogen) atoms. The molecule has 0 bridgehead atoms. The number of nitrogens with zero attached hydrogens (tertiary/aromatic N) is 3. The molecule has 0 unspecified atom stereocenters. The average molecular weight is 411 g/mol. The molecule has 3 rings (SSSR count). The molecule has 152 valence electrons. The van der Waals surface area contributed by atoms with Gasteiger partial charge >= 0.3 is 0 Å².